The summed E-state index contributed by atoms with van der Waals surface area (Å²) < 4.78 is 4.75. The number of piperazine rings is 1. The average molecular weight is 421 g/mol. The molecule has 160 valence electrons. The topological polar surface area (TPSA) is 96.0 Å². The van der Waals surface area contributed by atoms with Crippen molar-refractivity contribution < 1.29 is 23.9 Å². The monoisotopic (exact) mass is 421 g/mol. The number of rotatable bonds is 5. The molecule has 2 aliphatic heterocycles. The molecule has 1 atom stereocenters. The third-order valence-electron chi connectivity index (χ3n) is 5.67. The largest absolute Gasteiger partial charge is 0.465 e. The van der Waals surface area contributed by atoms with Crippen molar-refractivity contribution in [3.63, 3.8) is 0 Å². The molecule has 8 heteroatoms. The Kier molecular flexibility index (Phi) is 5.70. The third kappa shape index (κ3) is 4.14. The first-order valence-corrected chi connectivity index (χ1v) is 10.1. The lowest BCUT2D eigenvalue weighted by Crippen LogP contribution is -2.56. The van der Waals surface area contributed by atoms with Gasteiger partial charge in [0.1, 0.15) is 12.6 Å². The van der Waals surface area contributed by atoms with E-state index in [2.05, 4.69) is 5.32 Å². The third-order valence-corrected chi connectivity index (χ3v) is 5.67. The SMILES string of the molecule is COC(=O)c1ccccc1NC(=O)c1ccc(CN2CC(=O)N3CCC[C@@H]3C2=O)cc1. The summed E-state index contributed by atoms with van der Waals surface area (Å²) in [7, 11) is 1.28. The van der Waals surface area contributed by atoms with Crippen LogP contribution < -0.4 is 5.32 Å². The van der Waals surface area contributed by atoms with E-state index in [0.717, 1.165) is 12.0 Å². The number of carbonyl (C=O) groups excluding carboxylic acids is 4. The van der Waals surface area contributed by atoms with Crippen molar-refractivity contribution in [1.82, 2.24) is 9.80 Å². The molecule has 8 nitrogen and oxygen atoms in total. The summed E-state index contributed by atoms with van der Waals surface area (Å²) in [6.45, 7) is 1.07. The van der Waals surface area contributed by atoms with Gasteiger partial charge in [-0.25, -0.2) is 4.79 Å². The molecule has 3 amide bonds. The minimum absolute atomic E-state index is 0.0117. The van der Waals surface area contributed by atoms with Gasteiger partial charge in [0, 0.05) is 18.7 Å². The minimum Gasteiger partial charge on any atom is -0.465 e. The fourth-order valence-electron chi connectivity index (χ4n) is 4.06. The van der Waals surface area contributed by atoms with E-state index in [4.69, 9.17) is 4.74 Å². The molecule has 2 fully saturated rings. The predicted octanol–water partition coefficient (Wildman–Crippen LogP) is 2.06. The number of esters is 1. The molecule has 2 saturated heterocycles. The van der Waals surface area contributed by atoms with Gasteiger partial charge in [-0.15, -0.1) is 0 Å². The average Bonchev–Trinajstić information content (AvgIpc) is 3.28. The minimum atomic E-state index is -0.534. The van der Waals surface area contributed by atoms with Crippen molar-refractivity contribution in [2.75, 3.05) is 25.5 Å². The molecule has 0 bridgehead atoms. The van der Waals surface area contributed by atoms with E-state index in [1.165, 1.54) is 7.11 Å². The second-order valence-electron chi connectivity index (χ2n) is 7.63. The van der Waals surface area contributed by atoms with Gasteiger partial charge in [-0.1, -0.05) is 24.3 Å². The summed E-state index contributed by atoms with van der Waals surface area (Å²) in [5.41, 5.74) is 1.87. The molecule has 31 heavy (non-hydrogen) atoms. The van der Waals surface area contributed by atoms with Crippen molar-refractivity contribution >= 4 is 29.4 Å². The first-order valence-electron chi connectivity index (χ1n) is 10.1. The van der Waals surface area contributed by atoms with Crippen molar-refractivity contribution in [3.8, 4) is 0 Å². The molecule has 2 aromatic carbocycles. The predicted molar refractivity (Wildman–Crippen MR) is 112 cm³/mol. The first-order chi connectivity index (χ1) is 15.0. The number of hydrogen-bond donors (Lipinski definition) is 1. The molecule has 4 rings (SSSR count). The van der Waals surface area contributed by atoms with Gasteiger partial charge in [-0.3, -0.25) is 14.4 Å². The van der Waals surface area contributed by atoms with E-state index >= 15 is 0 Å². The highest BCUT2D eigenvalue weighted by Crippen LogP contribution is 2.25. The fraction of sp³-hybridized carbons (Fsp3) is 0.304. The summed E-state index contributed by atoms with van der Waals surface area (Å²) in [5, 5.41) is 2.73. The van der Waals surface area contributed by atoms with Gasteiger partial charge < -0.3 is 19.9 Å². The molecule has 0 aromatic heterocycles. The molecular weight excluding hydrogens is 398 g/mol. The van der Waals surface area contributed by atoms with Crippen molar-refractivity contribution in [1.29, 1.82) is 0 Å². The maximum absolute atomic E-state index is 12.7. The smallest absolute Gasteiger partial charge is 0.339 e. The maximum atomic E-state index is 12.7. The van der Waals surface area contributed by atoms with Gasteiger partial charge in [-0.05, 0) is 42.7 Å². The van der Waals surface area contributed by atoms with Crippen LogP contribution in [0.1, 0.15) is 39.1 Å². The Morgan fingerprint density at radius 3 is 2.58 bits per heavy atom. The molecular formula is C23H23N3O5. The molecule has 1 N–H and O–H groups in total. The quantitative estimate of drug-likeness (QED) is 0.746. The molecule has 0 spiro atoms. The second-order valence-corrected chi connectivity index (χ2v) is 7.63. The second kappa shape index (κ2) is 8.59. The fourth-order valence-corrected chi connectivity index (χ4v) is 4.06. The Labute approximate surface area is 179 Å². The molecule has 2 heterocycles. The maximum Gasteiger partial charge on any atom is 0.339 e. The van der Waals surface area contributed by atoms with E-state index in [1.807, 2.05) is 0 Å². The van der Waals surface area contributed by atoms with Gasteiger partial charge in [0.05, 0.1) is 18.4 Å². The summed E-state index contributed by atoms with van der Waals surface area (Å²) in [6.07, 6.45) is 1.58. The number of carbonyl (C=O) groups is 4. The standard InChI is InChI=1S/C23H23N3O5/c1-31-23(30)17-5-2-3-6-18(17)24-21(28)16-10-8-15(9-11-16)13-25-14-20(27)26-12-4-7-19(26)22(25)29/h2-3,5-6,8-11,19H,4,7,12-14H2,1H3,(H,24,28)/t19-/m1/s1. The highest BCUT2D eigenvalue weighted by molar-refractivity contribution is 6.08. The number of nitrogens with one attached hydrogen (secondary N) is 1. The van der Waals surface area contributed by atoms with E-state index in [9.17, 15) is 19.2 Å². The van der Waals surface area contributed by atoms with Crippen molar-refractivity contribution in [2.45, 2.75) is 25.4 Å². The van der Waals surface area contributed by atoms with Gasteiger partial charge in [0.15, 0.2) is 0 Å². The number of fused-ring (bicyclic) bond motifs is 1. The number of nitrogens with zero attached hydrogens (tertiary/aromatic N) is 2. The van der Waals surface area contributed by atoms with E-state index in [-0.39, 0.29) is 35.9 Å². The molecule has 2 aromatic rings. The number of ether oxygens (including phenoxy) is 1. The van der Waals surface area contributed by atoms with Crippen LogP contribution in [-0.2, 0) is 20.9 Å². The van der Waals surface area contributed by atoms with E-state index in [0.29, 0.717) is 30.8 Å². The van der Waals surface area contributed by atoms with Crippen LogP contribution in [0.15, 0.2) is 48.5 Å². The molecule has 2 aliphatic rings. The Morgan fingerprint density at radius 2 is 1.84 bits per heavy atom. The molecule has 0 saturated carbocycles. The summed E-state index contributed by atoms with van der Waals surface area (Å²) in [4.78, 5) is 52.7. The zero-order valence-electron chi connectivity index (χ0n) is 17.2. The van der Waals surface area contributed by atoms with Crippen molar-refractivity contribution in [2.24, 2.45) is 0 Å². The summed E-state index contributed by atoms with van der Waals surface area (Å²) in [6, 6.07) is 13.1. The highest BCUT2D eigenvalue weighted by atomic mass is 16.5. The number of anilines is 1. The zero-order valence-corrected chi connectivity index (χ0v) is 17.2. The van der Waals surface area contributed by atoms with Gasteiger partial charge in [0.25, 0.3) is 5.91 Å². The van der Waals surface area contributed by atoms with Crippen LogP contribution in [0.25, 0.3) is 0 Å². The Bertz CT molecular complexity index is 1030. The van der Waals surface area contributed by atoms with Crippen LogP contribution in [-0.4, -0.2) is 59.7 Å². The van der Waals surface area contributed by atoms with Gasteiger partial charge in [-0.2, -0.15) is 0 Å². The molecule has 0 radical (unpaired) electrons. The lowest BCUT2D eigenvalue weighted by atomic mass is 10.1. The van der Waals surface area contributed by atoms with Crippen LogP contribution in [0.3, 0.4) is 0 Å². The van der Waals surface area contributed by atoms with E-state index in [1.54, 1.807) is 58.3 Å². The van der Waals surface area contributed by atoms with E-state index < -0.39 is 5.97 Å². The Hall–Kier alpha value is -3.68. The summed E-state index contributed by atoms with van der Waals surface area (Å²) in [5.74, 6) is -0.928. The van der Waals surface area contributed by atoms with Crippen molar-refractivity contribution in [3.05, 3.63) is 65.2 Å². The number of methoxy groups -OCH3 is 1. The Morgan fingerprint density at radius 1 is 1.10 bits per heavy atom. The van der Waals surface area contributed by atoms with Gasteiger partial charge >= 0.3 is 5.97 Å². The number of benzene rings is 2. The van der Waals surface area contributed by atoms with Crippen LogP contribution in [0.5, 0.6) is 0 Å². The zero-order chi connectivity index (χ0) is 22.0. The molecule has 0 unspecified atom stereocenters. The number of para-hydroxylation sites is 1. The first kappa shape index (κ1) is 20.6. The lowest BCUT2D eigenvalue weighted by Gasteiger charge is -2.36. The Balaban J connectivity index is 1.43. The number of amides is 3. The van der Waals surface area contributed by atoms with Crippen LogP contribution in [0.4, 0.5) is 5.69 Å². The molecule has 0 aliphatic carbocycles. The van der Waals surface area contributed by atoms with Crippen LogP contribution in [0, 0.1) is 0 Å². The summed E-state index contributed by atoms with van der Waals surface area (Å²) >= 11 is 0. The lowest BCUT2D eigenvalue weighted by molar-refractivity contribution is -0.154. The number of hydrogen-bond acceptors (Lipinski definition) is 5. The highest BCUT2D eigenvalue weighted by Gasteiger charge is 2.41. The van der Waals surface area contributed by atoms with Crippen LogP contribution in [0.2, 0.25) is 0 Å². The van der Waals surface area contributed by atoms with Crippen LogP contribution >= 0.6 is 0 Å². The normalized spacial score (nSPS) is 18.0. The van der Waals surface area contributed by atoms with Gasteiger partial charge in [0.2, 0.25) is 11.8 Å².